The van der Waals surface area contributed by atoms with Crippen LogP contribution in [0.25, 0.3) is 0 Å². The molecule has 2 rings (SSSR count). The molecule has 2 aromatic rings. The van der Waals surface area contributed by atoms with Crippen molar-refractivity contribution >= 4 is 52.8 Å². The van der Waals surface area contributed by atoms with E-state index in [-0.39, 0.29) is 9.10 Å². The predicted molar refractivity (Wildman–Crippen MR) is 82.4 cm³/mol. The van der Waals surface area contributed by atoms with Gasteiger partial charge in [0.1, 0.15) is 0 Å². The Balaban J connectivity index is 2.29. The lowest BCUT2D eigenvalue weighted by Crippen LogP contribution is -2.12. The van der Waals surface area contributed by atoms with Crippen LogP contribution in [-0.2, 0) is 19.9 Å². The molecule has 20 heavy (non-hydrogen) atoms. The van der Waals surface area contributed by atoms with Gasteiger partial charge in [0, 0.05) is 16.4 Å². The Morgan fingerprint density at radius 1 is 1.05 bits per heavy atom. The van der Waals surface area contributed by atoms with Crippen molar-refractivity contribution in [1.29, 1.82) is 0 Å². The monoisotopic (exact) mass is 395 g/mol. The molecule has 0 saturated carbocycles. The summed E-state index contributed by atoms with van der Waals surface area (Å²) in [7, 11) is -6.97. The van der Waals surface area contributed by atoms with Crippen molar-refractivity contribution in [2.75, 3.05) is 11.0 Å². The Morgan fingerprint density at radius 2 is 1.65 bits per heavy atom. The van der Waals surface area contributed by atoms with Gasteiger partial charge in [0.15, 0.2) is 14.0 Å². The minimum atomic E-state index is -3.68. The zero-order chi connectivity index (χ0) is 15.0. The first-order valence-electron chi connectivity index (χ1n) is 5.26. The molecule has 0 unspecified atom stereocenters. The molecular weight excluding hydrogens is 386 g/mol. The summed E-state index contributed by atoms with van der Waals surface area (Å²) in [5, 5.41) is 1.66. The van der Waals surface area contributed by atoms with Gasteiger partial charge in [-0.15, -0.1) is 11.3 Å². The minimum Gasteiger partial charge on any atom is -0.279 e. The molecular formula is C11H10BrNO4S3. The summed E-state index contributed by atoms with van der Waals surface area (Å²) in [6.45, 7) is 0. The lowest BCUT2D eigenvalue weighted by atomic mass is 10.3. The number of sulfone groups is 1. The Bertz CT molecular complexity index is 823. The van der Waals surface area contributed by atoms with Crippen LogP contribution in [-0.4, -0.2) is 23.1 Å². The normalized spacial score (nSPS) is 12.3. The van der Waals surface area contributed by atoms with Gasteiger partial charge in [0.05, 0.1) is 4.90 Å². The van der Waals surface area contributed by atoms with Crippen LogP contribution in [0.5, 0.6) is 0 Å². The summed E-state index contributed by atoms with van der Waals surface area (Å²) < 4.78 is 49.9. The maximum atomic E-state index is 12.1. The molecule has 1 heterocycles. The van der Waals surface area contributed by atoms with Gasteiger partial charge in [-0.05, 0) is 51.6 Å². The van der Waals surface area contributed by atoms with Gasteiger partial charge >= 0.3 is 0 Å². The van der Waals surface area contributed by atoms with E-state index in [1.54, 1.807) is 11.4 Å². The van der Waals surface area contributed by atoms with E-state index >= 15 is 0 Å². The van der Waals surface area contributed by atoms with Gasteiger partial charge in [0.2, 0.25) is 0 Å². The highest BCUT2D eigenvalue weighted by Crippen LogP contribution is 2.29. The van der Waals surface area contributed by atoms with Crippen molar-refractivity contribution in [2.24, 2.45) is 0 Å². The average molecular weight is 396 g/mol. The first-order valence-corrected chi connectivity index (χ1v) is 10.3. The summed E-state index contributed by atoms with van der Waals surface area (Å²) in [5.74, 6) is 0. The standard InChI is InChI=1S/C11H10BrNO4S3/c1-19(14,15)9-4-2-8(3-5-9)13-20(16,17)11-10(12)6-7-18-11/h2-7,13H,1H3. The molecule has 0 amide bonds. The number of nitrogens with one attached hydrogen (secondary N) is 1. The lowest BCUT2D eigenvalue weighted by molar-refractivity contribution is 0.601. The SMILES string of the molecule is CS(=O)(=O)c1ccc(NS(=O)(=O)c2sccc2Br)cc1. The highest BCUT2D eigenvalue weighted by atomic mass is 79.9. The largest absolute Gasteiger partial charge is 0.279 e. The molecule has 5 nitrogen and oxygen atoms in total. The summed E-state index contributed by atoms with van der Waals surface area (Å²) in [5.41, 5.74) is 0.303. The molecule has 0 spiro atoms. The fourth-order valence-corrected chi connectivity index (χ4v) is 5.47. The molecule has 9 heteroatoms. The molecule has 108 valence electrons. The van der Waals surface area contributed by atoms with Crippen molar-refractivity contribution in [3.05, 3.63) is 40.2 Å². The van der Waals surface area contributed by atoms with E-state index in [1.807, 2.05) is 0 Å². The first-order chi connectivity index (χ1) is 9.20. The number of thiophene rings is 1. The van der Waals surface area contributed by atoms with Crippen molar-refractivity contribution in [1.82, 2.24) is 0 Å². The lowest BCUT2D eigenvalue weighted by Gasteiger charge is -2.07. The van der Waals surface area contributed by atoms with E-state index in [0.29, 0.717) is 10.2 Å². The number of halogens is 1. The number of hydrogen-bond acceptors (Lipinski definition) is 5. The Kier molecular flexibility index (Phi) is 4.24. The molecule has 0 bridgehead atoms. The molecule has 0 aliphatic rings. The molecule has 0 aliphatic heterocycles. The van der Waals surface area contributed by atoms with Crippen LogP contribution in [0, 0.1) is 0 Å². The smallest absolute Gasteiger partial charge is 0.272 e. The van der Waals surface area contributed by atoms with Crippen molar-refractivity contribution in [3.63, 3.8) is 0 Å². The summed E-state index contributed by atoms with van der Waals surface area (Å²) in [4.78, 5) is 0.137. The average Bonchev–Trinajstić information content (AvgIpc) is 2.75. The maximum Gasteiger partial charge on any atom is 0.272 e. The third-order valence-electron chi connectivity index (χ3n) is 2.36. The number of hydrogen-bond donors (Lipinski definition) is 1. The van der Waals surface area contributed by atoms with Gasteiger partial charge < -0.3 is 0 Å². The Morgan fingerprint density at radius 3 is 2.10 bits per heavy atom. The zero-order valence-corrected chi connectivity index (χ0v) is 14.2. The van der Waals surface area contributed by atoms with Crippen LogP contribution in [0.3, 0.4) is 0 Å². The third kappa shape index (κ3) is 3.40. The predicted octanol–water partition coefficient (Wildman–Crippen LogP) is 2.71. The molecule has 0 fully saturated rings. The molecule has 0 saturated heterocycles. The van der Waals surface area contributed by atoms with Gasteiger partial charge in [-0.2, -0.15) is 0 Å². The van der Waals surface area contributed by atoms with Crippen molar-refractivity contribution in [2.45, 2.75) is 9.10 Å². The third-order valence-corrected chi connectivity index (χ3v) is 7.54. The highest BCUT2D eigenvalue weighted by molar-refractivity contribution is 9.10. The van der Waals surface area contributed by atoms with Gasteiger partial charge in [0.25, 0.3) is 10.0 Å². The van der Waals surface area contributed by atoms with Crippen LogP contribution >= 0.6 is 27.3 Å². The van der Waals surface area contributed by atoms with E-state index in [9.17, 15) is 16.8 Å². The van der Waals surface area contributed by atoms with Gasteiger partial charge in [-0.3, -0.25) is 4.72 Å². The van der Waals surface area contributed by atoms with Crippen molar-refractivity contribution in [3.8, 4) is 0 Å². The van der Waals surface area contributed by atoms with Gasteiger partial charge in [-0.1, -0.05) is 0 Å². The second-order valence-electron chi connectivity index (χ2n) is 3.96. The molecule has 1 N–H and O–H groups in total. The quantitative estimate of drug-likeness (QED) is 0.862. The number of sulfonamides is 1. The van der Waals surface area contributed by atoms with Crippen LogP contribution in [0.1, 0.15) is 0 Å². The summed E-state index contributed by atoms with van der Waals surface area (Å²) in [6, 6.07) is 7.18. The molecule has 0 aliphatic carbocycles. The van der Waals surface area contributed by atoms with Crippen LogP contribution in [0.2, 0.25) is 0 Å². The van der Waals surface area contributed by atoms with E-state index < -0.39 is 19.9 Å². The Hall–Kier alpha value is -0.900. The van der Waals surface area contributed by atoms with Crippen LogP contribution in [0.15, 0.2) is 49.3 Å². The molecule has 1 aromatic carbocycles. The number of anilines is 1. The van der Waals surface area contributed by atoms with E-state index in [0.717, 1.165) is 17.6 Å². The second kappa shape index (κ2) is 5.47. The fourth-order valence-electron chi connectivity index (χ4n) is 1.44. The fraction of sp³-hybridized carbons (Fsp3) is 0.0909. The summed E-state index contributed by atoms with van der Waals surface area (Å²) >= 11 is 4.26. The zero-order valence-electron chi connectivity index (χ0n) is 10.2. The van der Waals surface area contributed by atoms with Crippen molar-refractivity contribution < 1.29 is 16.8 Å². The minimum absolute atomic E-state index is 0.137. The summed E-state index contributed by atoms with van der Waals surface area (Å²) in [6.07, 6.45) is 1.09. The van der Waals surface area contributed by atoms with Crippen LogP contribution in [0.4, 0.5) is 5.69 Å². The second-order valence-corrected chi connectivity index (χ2v) is 9.62. The molecule has 0 radical (unpaired) electrons. The van der Waals surface area contributed by atoms with E-state index in [2.05, 4.69) is 20.7 Å². The van der Waals surface area contributed by atoms with Crippen LogP contribution < -0.4 is 4.72 Å². The molecule has 0 atom stereocenters. The topological polar surface area (TPSA) is 80.3 Å². The highest BCUT2D eigenvalue weighted by Gasteiger charge is 2.19. The Labute approximate surface area is 129 Å². The van der Waals surface area contributed by atoms with E-state index in [4.69, 9.17) is 0 Å². The first kappa shape index (κ1) is 15.5. The number of rotatable bonds is 4. The maximum absolute atomic E-state index is 12.1. The molecule has 1 aromatic heterocycles. The van der Waals surface area contributed by atoms with Gasteiger partial charge in [-0.25, -0.2) is 16.8 Å². The number of benzene rings is 1. The van der Waals surface area contributed by atoms with E-state index in [1.165, 1.54) is 24.3 Å².